The van der Waals surface area contributed by atoms with Crippen LogP contribution in [0.1, 0.15) is 58.4 Å². The van der Waals surface area contributed by atoms with Gasteiger partial charge in [0.1, 0.15) is 17.9 Å². The standard InChI is InChI=1S/C34H45ClN5O3P/c1-23(2)11-7-10-14-32(41)40-18-17-25(4)27-16-15-26(19-30(27)43-22-24(3)21-40)37-34-36-20-28(35)33(39-34)38-29-12-8-9-13-31(29)44(5,6)42/h8-10,12-16,19-20,23-25H,7,11,17-18,21-22H2,1-6H3,(H2,36,37,38,39)/b14-10+/t24-,25?/m1/s1. The number of nitrogens with one attached hydrogen (secondary N) is 2. The highest BCUT2D eigenvalue weighted by Gasteiger charge is 2.22. The third-order valence-electron chi connectivity index (χ3n) is 7.65. The number of para-hydroxylation sites is 1. The van der Waals surface area contributed by atoms with Crippen molar-refractivity contribution < 1.29 is 14.1 Å². The Morgan fingerprint density at radius 1 is 1.18 bits per heavy atom. The molecule has 8 nitrogen and oxygen atoms in total. The molecular formula is C34H45ClN5O3P. The number of anilines is 4. The quantitative estimate of drug-likeness (QED) is 0.180. The molecule has 3 aromatic rings. The van der Waals surface area contributed by atoms with Gasteiger partial charge in [0.15, 0.2) is 5.82 Å². The summed E-state index contributed by atoms with van der Waals surface area (Å²) >= 11 is 6.44. The first-order valence-corrected chi connectivity index (χ1v) is 18.3. The molecule has 4 rings (SSSR count). The first kappa shape index (κ1) is 33.5. The largest absolute Gasteiger partial charge is 0.493 e. The van der Waals surface area contributed by atoms with Gasteiger partial charge in [0.2, 0.25) is 11.9 Å². The van der Waals surface area contributed by atoms with Gasteiger partial charge < -0.3 is 24.8 Å². The van der Waals surface area contributed by atoms with Crippen molar-refractivity contribution in [1.29, 1.82) is 0 Å². The average molecular weight is 638 g/mol. The fourth-order valence-corrected chi connectivity index (χ4v) is 6.44. The highest BCUT2D eigenvalue weighted by atomic mass is 35.5. The maximum atomic E-state index is 13.0. The summed E-state index contributed by atoms with van der Waals surface area (Å²) in [6.45, 7) is 14.0. The smallest absolute Gasteiger partial charge is 0.246 e. The molecule has 1 aliphatic heterocycles. The SMILES string of the molecule is CC(C)CC/C=C/C(=O)N1CCC(C)c2ccc(Nc3ncc(Cl)c(Nc4ccccc4P(C)(C)=O)n3)cc2OC[C@H](C)C1. The van der Waals surface area contributed by atoms with E-state index in [1.807, 2.05) is 47.4 Å². The molecular weight excluding hydrogens is 593 g/mol. The topological polar surface area (TPSA) is 96.5 Å². The van der Waals surface area contributed by atoms with Crippen molar-refractivity contribution in [1.82, 2.24) is 14.9 Å². The van der Waals surface area contributed by atoms with Crippen molar-refractivity contribution in [3.8, 4) is 5.75 Å². The molecule has 1 aromatic heterocycles. The predicted molar refractivity (Wildman–Crippen MR) is 183 cm³/mol. The Bertz CT molecular complexity index is 1520. The van der Waals surface area contributed by atoms with Gasteiger partial charge in [-0.25, -0.2) is 4.98 Å². The van der Waals surface area contributed by atoms with Gasteiger partial charge in [-0.3, -0.25) is 4.79 Å². The van der Waals surface area contributed by atoms with E-state index >= 15 is 0 Å². The Kier molecular flexibility index (Phi) is 11.5. The fraction of sp³-hybridized carbons (Fsp3) is 0.441. The first-order chi connectivity index (χ1) is 20.9. The van der Waals surface area contributed by atoms with Gasteiger partial charge in [-0.1, -0.05) is 63.6 Å². The zero-order valence-electron chi connectivity index (χ0n) is 26.6. The van der Waals surface area contributed by atoms with Crippen LogP contribution in [0.2, 0.25) is 5.02 Å². The van der Waals surface area contributed by atoms with Crippen molar-refractivity contribution in [2.24, 2.45) is 11.8 Å². The molecule has 2 aromatic carbocycles. The minimum Gasteiger partial charge on any atom is -0.493 e. The second-order valence-corrected chi connectivity index (χ2v) is 16.1. The highest BCUT2D eigenvalue weighted by Crippen LogP contribution is 2.39. The molecule has 0 spiro atoms. The van der Waals surface area contributed by atoms with Crippen LogP contribution in [-0.4, -0.2) is 53.8 Å². The normalized spacial score (nSPS) is 17.7. The zero-order valence-corrected chi connectivity index (χ0v) is 28.3. The number of aromatic nitrogens is 2. The van der Waals surface area contributed by atoms with Gasteiger partial charge in [0.05, 0.1) is 18.5 Å². The van der Waals surface area contributed by atoms with Crippen molar-refractivity contribution in [3.63, 3.8) is 0 Å². The lowest BCUT2D eigenvalue weighted by Crippen LogP contribution is -2.37. The van der Waals surface area contributed by atoms with Gasteiger partial charge in [-0.05, 0) is 74.3 Å². The maximum Gasteiger partial charge on any atom is 0.246 e. The van der Waals surface area contributed by atoms with Gasteiger partial charge >= 0.3 is 0 Å². The number of carbonyl (C=O) groups excluding carboxylic acids is 1. The van der Waals surface area contributed by atoms with Crippen LogP contribution >= 0.6 is 18.7 Å². The molecule has 1 unspecified atom stereocenters. The van der Waals surface area contributed by atoms with E-state index in [2.05, 4.69) is 54.4 Å². The third-order valence-corrected chi connectivity index (χ3v) is 9.48. The molecule has 2 N–H and O–H groups in total. The van der Waals surface area contributed by atoms with Crippen molar-refractivity contribution >= 4 is 53.1 Å². The van der Waals surface area contributed by atoms with E-state index in [4.69, 9.17) is 16.3 Å². The number of allylic oxidation sites excluding steroid dienone is 1. The predicted octanol–water partition coefficient (Wildman–Crippen LogP) is 8.21. The Balaban J connectivity index is 1.49. The summed E-state index contributed by atoms with van der Waals surface area (Å²) in [6, 6.07) is 13.5. The summed E-state index contributed by atoms with van der Waals surface area (Å²) < 4.78 is 19.2. The van der Waals surface area contributed by atoms with E-state index < -0.39 is 7.14 Å². The van der Waals surface area contributed by atoms with Crippen LogP contribution in [0.15, 0.2) is 60.8 Å². The lowest BCUT2D eigenvalue weighted by Gasteiger charge is -2.29. The number of amides is 1. The minimum atomic E-state index is -2.53. The molecule has 1 amide bonds. The maximum absolute atomic E-state index is 13.0. The van der Waals surface area contributed by atoms with E-state index in [9.17, 15) is 9.36 Å². The molecule has 2 heterocycles. The number of hydrogen-bond donors (Lipinski definition) is 2. The summed E-state index contributed by atoms with van der Waals surface area (Å²) in [5, 5.41) is 7.59. The fourth-order valence-electron chi connectivity index (χ4n) is 5.14. The van der Waals surface area contributed by atoms with Crippen LogP contribution in [0.3, 0.4) is 0 Å². The van der Waals surface area contributed by atoms with Crippen LogP contribution in [0.4, 0.5) is 23.1 Å². The van der Waals surface area contributed by atoms with Gasteiger partial charge in [0, 0.05) is 36.1 Å². The van der Waals surface area contributed by atoms with Crippen LogP contribution in [0.5, 0.6) is 5.75 Å². The summed E-state index contributed by atoms with van der Waals surface area (Å²) in [7, 11) is -2.53. The molecule has 0 saturated carbocycles. The molecule has 0 aliphatic carbocycles. The van der Waals surface area contributed by atoms with E-state index in [-0.39, 0.29) is 17.7 Å². The minimum absolute atomic E-state index is 0.0758. The number of ether oxygens (including phenoxy) is 1. The molecule has 236 valence electrons. The molecule has 1 aliphatic rings. The van der Waals surface area contributed by atoms with Crippen LogP contribution in [0.25, 0.3) is 0 Å². The van der Waals surface area contributed by atoms with Crippen LogP contribution < -0.4 is 20.7 Å². The second-order valence-electron chi connectivity index (χ2n) is 12.5. The van der Waals surface area contributed by atoms with Gasteiger partial charge in [0.25, 0.3) is 0 Å². The number of benzene rings is 2. The average Bonchev–Trinajstić information content (AvgIpc) is 2.97. The van der Waals surface area contributed by atoms with Gasteiger partial charge in [-0.15, -0.1) is 0 Å². The molecule has 0 fully saturated rings. The second kappa shape index (κ2) is 15.1. The molecule has 0 saturated heterocycles. The Hall–Kier alpha value is -3.35. The van der Waals surface area contributed by atoms with Crippen molar-refractivity contribution in [2.75, 3.05) is 43.7 Å². The van der Waals surface area contributed by atoms with E-state index in [1.54, 1.807) is 19.4 Å². The number of carbonyl (C=O) groups is 1. The molecule has 2 atom stereocenters. The highest BCUT2D eigenvalue weighted by molar-refractivity contribution is 7.70. The number of fused-ring (bicyclic) bond motifs is 1. The third kappa shape index (κ3) is 9.33. The molecule has 0 radical (unpaired) electrons. The Morgan fingerprint density at radius 2 is 1.95 bits per heavy atom. The number of nitrogens with zero attached hydrogens (tertiary/aromatic N) is 3. The number of hydrogen-bond acceptors (Lipinski definition) is 7. The van der Waals surface area contributed by atoms with Crippen molar-refractivity contribution in [2.45, 2.75) is 52.9 Å². The van der Waals surface area contributed by atoms with Crippen LogP contribution in [-0.2, 0) is 9.36 Å². The summed E-state index contributed by atoms with van der Waals surface area (Å²) in [5.41, 5.74) is 2.58. The molecule has 0 bridgehead atoms. The molecule has 44 heavy (non-hydrogen) atoms. The summed E-state index contributed by atoms with van der Waals surface area (Å²) in [6.07, 6.45) is 8.12. The summed E-state index contributed by atoms with van der Waals surface area (Å²) in [4.78, 5) is 23.9. The van der Waals surface area contributed by atoms with E-state index in [0.29, 0.717) is 48.1 Å². The molecule has 10 heteroatoms. The monoisotopic (exact) mass is 637 g/mol. The summed E-state index contributed by atoms with van der Waals surface area (Å²) in [5.74, 6) is 2.65. The Morgan fingerprint density at radius 3 is 2.70 bits per heavy atom. The van der Waals surface area contributed by atoms with E-state index in [0.717, 1.165) is 41.6 Å². The number of rotatable bonds is 9. The van der Waals surface area contributed by atoms with Gasteiger partial charge in [-0.2, -0.15) is 4.98 Å². The number of halogens is 1. The first-order valence-electron chi connectivity index (χ1n) is 15.3. The lowest BCUT2D eigenvalue weighted by molar-refractivity contribution is -0.126. The van der Waals surface area contributed by atoms with E-state index in [1.165, 1.54) is 6.20 Å². The Labute approximate surface area is 267 Å². The van der Waals surface area contributed by atoms with Crippen molar-refractivity contribution in [3.05, 3.63) is 71.4 Å². The zero-order chi connectivity index (χ0) is 31.9. The lowest BCUT2D eigenvalue weighted by atomic mass is 9.95. The van der Waals surface area contributed by atoms with Crippen LogP contribution in [0, 0.1) is 11.8 Å².